The van der Waals surface area contributed by atoms with Gasteiger partial charge in [-0.15, -0.1) is 0 Å². The molecule has 0 radical (unpaired) electrons. The highest BCUT2D eigenvalue weighted by Crippen LogP contribution is 2.59. The van der Waals surface area contributed by atoms with Crippen molar-refractivity contribution in [3.63, 3.8) is 0 Å². The zero-order valence-corrected chi connectivity index (χ0v) is 37.9. The van der Waals surface area contributed by atoms with Gasteiger partial charge in [0.25, 0.3) is 8.53 Å². The van der Waals surface area contributed by atoms with E-state index in [0.717, 1.165) is 25.4 Å². The molecular formula is C42H61N6O6PSi2. The maximum absolute atomic E-state index is 12.0. The fraction of sp³-hybridized carbons (Fsp3) is 0.571. The van der Waals surface area contributed by atoms with E-state index >= 15 is 0 Å². The average molecular weight is 833 g/mol. The van der Waals surface area contributed by atoms with Gasteiger partial charge in [-0.25, -0.2) is 19.6 Å². The minimum Gasteiger partial charge on any atom is -0.394 e. The summed E-state index contributed by atoms with van der Waals surface area (Å²) in [5, 5.41) is 5.61. The summed E-state index contributed by atoms with van der Waals surface area (Å²) in [5.41, 5.74) is 2.20. The van der Waals surface area contributed by atoms with Gasteiger partial charge in [0.2, 0.25) is 14.2 Å². The predicted octanol–water partition coefficient (Wildman–Crippen LogP) is 8.00. The second kappa shape index (κ2) is 17.7. The molecule has 0 spiro atoms. The molecule has 2 aromatic heterocycles. The molecule has 5 heterocycles. The Morgan fingerprint density at radius 2 is 1.58 bits per heavy atom. The molecule has 3 aliphatic heterocycles. The standard InChI is InChI=1S/C42H61N6O6PSi2/c1-10-35-38(54-55-48-23-17-22-34(48)36(53-55)24-56(9,32-18-13-11-14-19-32)33-20-15-12-16-21-33)39(50-27-51-57(28(2)3,29(4)5)30(6)7)42(52-35)47-26-45-37-40(46-31(8)49)43-25-44-41(37)47/h11-16,18-21,25-26,28-30,34-36,38-39,42H,10,17,22-24,27H2,1-9H3,(H,43,44,46,49)/t34-,35-,36+,38+,39?,42-,55+/m1/s1. The Morgan fingerprint density at radius 3 is 2.18 bits per heavy atom. The quantitative estimate of drug-likeness (QED) is 0.0676. The molecule has 308 valence electrons. The van der Waals surface area contributed by atoms with E-state index in [1.54, 1.807) is 6.33 Å². The number of rotatable bonds is 16. The van der Waals surface area contributed by atoms with Crippen molar-refractivity contribution in [2.45, 2.75) is 141 Å². The van der Waals surface area contributed by atoms with Crippen LogP contribution in [0.15, 0.2) is 73.3 Å². The molecule has 15 heteroatoms. The number of hydrogen-bond donors (Lipinski definition) is 1. The van der Waals surface area contributed by atoms with Gasteiger partial charge < -0.3 is 28.3 Å². The van der Waals surface area contributed by atoms with E-state index in [1.807, 2.05) is 4.57 Å². The van der Waals surface area contributed by atoms with Crippen molar-refractivity contribution in [3.8, 4) is 0 Å². The van der Waals surface area contributed by atoms with Crippen molar-refractivity contribution < 1.29 is 27.7 Å². The molecule has 1 amide bonds. The highest BCUT2D eigenvalue weighted by atomic mass is 31.2. The summed E-state index contributed by atoms with van der Waals surface area (Å²) in [6.07, 6.45) is 4.11. The summed E-state index contributed by atoms with van der Waals surface area (Å²) < 4.78 is 39.6. The molecule has 3 aliphatic rings. The van der Waals surface area contributed by atoms with Gasteiger partial charge in [-0.05, 0) is 41.9 Å². The van der Waals surface area contributed by atoms with Gasteiger partial charge in [-0.3, -0.25) is 9.36 Å². The molecule has 57 heavy (non-hydrogen) atoms. The van der Waals surface area contributed by atoms with Gasteiger partial charge >= 0.3 is 0 Å². The van der Waals surface area contributed by atoms with E-state index in [-0.39, 0.29) is 30.9 Å². The summed E-state index contributed by atoms with van der Waals surface area (Å²) in [5.74, 6) is 0.113. The van der Waals surface area contributed by atoms with Crippen molar-refractivity contribution in [2.75, 3.05) is 18.7 Å². The Labute approximate surface area is 341 Å². The van der Waals surface area contributed by atoms with Crippen LogP contribution in [0.25, 0.3) is 11.2 Å². The van der Waals surface area contributed by atoms with Crippen LogP contribution in [-0.2, 0) is 27.7 Å². The molecule has 0 aliphatic carbocycles. The number of carbonyl (C=O) groups excluding carboxylic acids is 1. The highest BCUT2D eigenvalue weighted by Gasteiger charge is 2.55. The van der Waals surface area contributed by atoms with Crippen LogP contribution in [0.5, 0.6) is 0 Å². The topological polar surface area (TPSA) is 122 Å². The van der Waals surface area contributed by atoms with Crippen molar-refractivity contribution in [2.24, 2.45) is 0 Å². The molecule has 7 rings (SSSR count). The van der Waals surface area contributed by atoms with E-state index in [0.29, 0.717) is 40.0 Å². The first-order valence-electron chi connectivity index (χ1n) is 20.8. The number of anilines is 1. The summed E-state index contributed by atoms with van der Waals surface area (Å²) in [4.78, 5) is 25.6. The second-order valence-corrected chi connectivity index (χ2v) is 28.1. The number of benzene rings is 2. The minimum absolute atomic E-state index is 0.0350. The van der Waals surface area contributed by atoms with Crippen molar-refractivity contribution >= 4 is 58.2 Å². The van der Waals surface area contributed by atoms with Crippen molar-refractivity contribution in [1.29, 1.82) is 0 Å². The van der Waals surface area contributed by atoms with Gasteiger partial charge in [-0.1, -0.05) is 126 Å². The second-order valence-electron chi connectivity index (χ2n) is 17.0. The Hall–Kier alpha value is -2.92. The number of imidazole rings is 1. The van der Waals surface area contributed by atoms with Gasteiger partial charge in [0.05, 0.1) is 18.5 Å². The lowest BCUT2D eigenvalue weighted by Gasteiger charge is -2.42. The molecule has 7 atom stereocenters. The zero-order valence-electron chi connectivity index (χ0n) is 35.0. The average Bonchev–Trinajstić information content (AvgIpc) is 3.98. The molecule has 2 aromatic carbocycles. The molecule has 12 nitrogen and oxygen atoms in total. The van der Waals surface area contributed by atoms with Crippen LogP contribution in [0.4, 0.5) is 5.82 Å². The zero-order chi connectivity index (χ0) is 40.5. The molecule has 3 fully saturated rings. The number of carbonyl (C=O) groups is 1. The fourth-order valence-corrected chi connectivity index (χ4v) is 21.2. The van der Waals surface area contributed by atoms with Crippen LogP contribution in [0.3, 0.4) is 0 Å². The number of aromatic nitrogens is 4. The number of nitrogens with zero attached hydrogens (tertiary/aromatic N) is 5. The number of fused-ring (bicyclic) bond motifs is 2. The third-order valence-electron chi connectivity index (χ3n) is 12.7. The van der Waals surface area contributed by atoms with Crippen LogP contribution in [0.2, 0.25) is 29.2 Å². The lowest BCUT2D eigenvalue weighted by Crippen LogP contribution is -2.58. The van der Waals surface area contributed by atoms with E-state index < -0.39 is 43.4 Å². The van der Waals surface area contributed by atoms with Gasteiger partial charge in [-0.2, -0.15) is 0 Å². The maximum atomic E-state index is 12.0. The summed E-state index contributed by atoms with van der Waals surface area (Å²) in [7, 11) is -5.86. The van der Waals surface area contributed by atoms with Crippen LogP contribution in [0.1, 0.15) is 80.9 Å². The molecule has 4 aromatic rings. The molecule has 1 unspecified atom stereocenters. The molecular weight excluding hydrogens is 772 g/mol. The van der Waals surface area contributed by atoms with Crippen molar-refractivity contribution in [3.05, 3.63) is 73.3 Å². The van der Waals surface area contributed by atoms with Crippen LogP contribution in [-0.4, -0.2) is 90.3 Å². The molecule has 3 saturated heterocycles. The van der Waals surface area contributed by atoms with E-state index in [4.69, 9.17) is 22.9 Å². The predicted molar refractivity (Wildman–Crippen MR) is 231 cm³/mol. The first kappa shape index (κ1) is 42.2. The van der Waals surface area contributed by atoms with Gasteiger partial charge in [0.1, 0.15) is 33.4 Å². The SMILES string of the molecule is CC[C@H]1O[C@@H](n2cnc3c(NC(C)=O)ncnc32)C(OCO[Si](C(C)C)(C(C)C)C(C)C)[C@H]1O[P@]1O[C@@H](C[Si](C)(c2ccccc2)c2ccccc2)[C@H]2CCCN21. The lowest BCUT2D eigenvalue weighted by atomic mass is 10.1. The van der Waals surface area contributed by atoms with Crippen molar-refractivity contribution in [1.82, 2.24) is 24.2 Å². The monoisotopic (exact) mass is 832 g/mol. The number of hydrogen-bond acceptors (Lipinski definition) is 10. The van der Waals surface area contributed by atoms with E-state index in [9.17, 15) is 4.79 Å². The Bertz CT molecular complexity index is 1900. The third kappa shape index (κ3) is 8.19. The molecule has 0 saturated carbocycles. The smallest absolute Gasteiger partial charge is 0.259 e. The summed E-state index contributed by atoms with van der Waals surface area (Å²) in [6.45, 7) is 20.8. The number of ether oxygens (including phenoxy) is 2. The Morgan fingerprint density at radius 1 is 0.930 bits per heavy atom. The summed E-state index contributed by atoms with van der Waals surface area (Å²) >= 11 is 0. The lowest BCUT2D eigenvalue weighted by molar-refractivity contribution is -0.114. The van der Waals surface area contributed by atoms with Crippen LogP contribution >= 0.6 is 8.53 Å². The number of nitrogens with one attached hydrogen (secondary N) is 1. The maximum Gasteiger partial charge on any atom is 0.259 e. The first-order valence-corrected chi connectivity index (χ1v) is 26.7. The molecule has 1 N–H and O–H groups in total. The highest BCUT2D eigenvalue weighted by molar-refractivity contribution is 7.45. The van der Waals surface area contributed by atoms with Gasteiger partial charge in [0.15, 0.2) is 23.2 Å². The fourth-order valence-electron chi connectivity index (χ4n) is 9.96. The van der Waals surface area contributed by atoms with Gasteiger partial charge in [0, 0.05) is 19.5 Å². The minimum atomic E-state index is -2.26. The molecule has 0 bridgehead atoms. The van der Waals surface area contributed by atoms with Crippen LogP contribution < -0.4 is 15.7 Å². The summed E-state index contributed by atoms with van der Waals surface area (Å²) in [6, 6.07) is 23.3. The van der Waals surface area contributed by atoms with Crippen LogP contribution in [0, 0.1) is 0 Å². The van der Waals surface area contributed by atoms with E-state index in [1.165, 1.54) is 23.6 Å². The van der Waals surface area contributed by atoms with E-state index in [2.05, 4.69) is 141 Å². The largest absolute Gasteiger partial charge is 0.394 e. The first-order chi connectivity index (χ1) is 27.4. The normalized spacial score (nSPS) is 25.6. The third-order valence-corrected chi connectivity index (χ3v) is 24.9. The Kier molecular flexibility index (Phi) is 13.1. The number of amides is 1. The Balaban J connectivity index is 1.20.